The highest BCUT2D eigenvalue weighted by Gasteiger charge is 2.17. The van der Waals surface area contributed by atoms with Crippen molar-refractivity contribution in [1.82, 2.24) is 5.32 Å². The van der Waals surface area contributed by atoms with E-state index in [4.69, 9.17) is 5.73 Å². The molecule has 1 aliphatic carbocycles. The molecule has 14 heavy (non-hydrogen) atoms. The molecule has 0 fully saturated rings. The average Bonchev–Trinajstić information content (AvgIpc) is 2.11. The zero-order chi connectivity index (χ0) is 10.4. The van der Waals surface area contributed by atoms with Gasteiger partial charge in [0.1, 0.15) is 0 Å². The lowest BCUT2D eigenvalue weighted by molar-refractivity contribution is 0.381. The molecule has 82 valence electrons. The summed E-state index contributed by atoms with van der Waals surface area (Å²) in [6, 6.07) is 0. The highest BCUT2D eigenvalue weighted by Crippen LogP contribution is 2.26. The molecule has 2 heteroatoms. The molecule has 0 heterocycles. The lowest BCUT2D eigenvalue weighted by Gasteiger charge is -2.25. The molecule has 0 bridgehead atoms. The van der Waals surface area contributed by atoms with E-state index in [0.717, 1.165) is 37.9 Å². The third-order valence-corrected chi connectivity index (χ3v) is 2.88. The Morgan fingerprint density at radius 3 is 3.00 bits per heavy atom. The zero-order valence-electron chi connectivity index (χ0n) is 9.55. The average molecular weight is 196 g/mol. The molecule has 2 unspecified atom stereocenters. The lowest BCUT2D eigenvalue weighted by Crippen LogP contribution is -2.27. The molecule has 1 aliphatic rings. The molecule has 0 aliphatic heterocycles. The van der Waals surface area contributed by atoms with Gasteiger partial charge >= 0.3 is 0 Å². The molecule has 0 amide bonds. The van der Waals surface area contributed by atoms with Crippen molar-refractivity contribution in [2.24, 2.45) is 17.6 Å². The second-order valence-electron chi connectivity index (χ2n) is 4.64. The van der Waals surface area contributed by atoms with Gasteiger partial charge in [0.15, 0.2) is 0 Å². The number of allylic oxidation sites excluding steroid dienone is 2. The van der Waals surface area contributed by atoms with Crippen molar-refractivity contribution in [3.8, 4) is 0 Å². The summed E-state index contributed by atoms with van der Waals surface area (Å²) in [6.45, 7) is 7.60. The molecule has 0 aromatic carbocycles. The summed E-state index contributed by atoms with van der Waals surface area (Å²) in [6.07, 6.45) is 6.13. The SMILES string of the molecule is CC1=CC(C)CC(CNCCCN)C1. The summed E-state index contributed by atoms with van der Waals surface area (Å²) in [5, 5.41) is 3.49. The predicted molar refractivity (Wildman–Crippen MR) is 62.2 cm³/mol. The Balaban J connectivity index is 2.16. The first kappa shape index (κ1) is 11.7. The molecule has 0 saturated heterocycles. The second-order valence-corrected chi connectivity index (χ2v) is 4.64. The molecule has 2 atom stereocenters. The van der Waals surface area contributed by atoms with Gasteiger partial charge in [0.25, 0.3) is 0 Å². The first-order valence-electron chi connectivity index (χ1n) is 5.80. The van der Waals surface area contributed by atoms with E-state index in [0.29, 0.717) is 0 Å². The Labute approximate surface area is 87.9 Å². The van der Waals surface area contributed by atoms with Gasteiger partial charge in [0.2, 0.25) is 0 Å². The smallest absolute Gasteiger partial charge is 0.00172 e. The number of hydrogen-bond donors (Lipinski definition) is 2. The first-order valence-corrected chi connectivity index (χ1v) is 5.80. The number of nitrogens with one attached hydrogen (secondary N) is 1. The summed E-state index contributed by atoms with van der Waals surface area (Å²) in [7, 11) is 0. The second kappa shape index (κ2) is 6.20. The molecule has 0 radical (unpaired) electrons. The minimum Gasteiger partial charge on any atom is -0.330 e. The fraction of sp³-hybridized carbons (Fsp3) is 0.833. The van der Waals surface area contributed by atoms with Crippen LogP contribution in [-0.4, -0.2) is 19.6 Å². The normalized spacial score (nSPS) is 27.5. The Kier molecular flexibility index (Phi) is 5.20. The van der Waals surface area contributed by atoms with Gasteiger partial charge in [-0.15, -0.1) is 0 Å². The fourth-order valence-corrected chi connectivity index (χ4v) is 2.37. The first-order chi connectivity index (χ1) is 6.72. The lowest BCUT2D eigenvalue weighted by atomic mass is 9.84. The maximum atomic E-state index is 5.44. The van der Waals surface area contributed by atoms with Crippen LogP contribution in [0.2, 0.25) is 0 Å². The van der Waals surface area contributed by atoms with Gasteiger partial charge in [-0.05, 0) is 57.7 Å². The van der Waals surface area contributed by atoms with Gasteiger partial charge in [0.05, 0.1) is 0 Å². The molecule has 0 saturated carbocycles. The van der Waals surface area contributed by atoms with Crippen LogP contribution in [0.1, 0.15) is 33.1 Å². The monoisotopic (exact) mass is 196 g/mol. The molecular weight excluding hydrogens is 172 g/mol. The molecule has 0 aromatic rings. The molecule has 2 nitrogen and oxygen atoms in total. The van der Waals surface area contributed by atoms with E-state index in [1.54, 1.807) is 5.57 Å². The Morgan fingerprint density at radius 1 is 1.57 bits per heavy atom. The minimum absolute atomic E-state index is 0.769. The van der Waals surface area contributed by atoms with Crippen molar-refractivity contribution < 1.29 is 0 Å². The summed E-state index contributed by atoms with van der Waals surface area (Å²) in [5.41, 5.74) is 7.01. The van der Waals surface area contributed by atoms with Crippen molar-refractivity contribution >= 4 is 0 Å². The van der Waals surface area contributed by atoms with Gasteiger partial charge in [-0.1, -0.05) is 18.6 Å². The van der Waals surface area contributed by atoms with Gasteiger partial charge in [-0.3, -0.25) is 0 Å². The van der Waals surface area contributed by atoms with Crippen LogP contribution >= 0.6 is 0 Å². The van der Waals surface area contributed by atoms with E-state index in [9.17, 15) is 0 Å². The quantitative estimate of drug-likeness (QED) is 0.521. The van der Waals surface area contributed by atoms with Crippen LogP contribution in [0.3, 0.4) is 0 Å². The number of nitrogens with two attached hydrogens (primary N) is 1. The van der Waals surface area contributed by atoms with E-state index < -0.39 is 0 Å². The van der Waals surface area contributed by atoms with Gasteiger partial charge in [-0.2, -0.15) is 0 Å². The van der Waals surface area contributed by atoms with Crippen LogP contribution in [0.25, 0.3) is 0 Å². The van der Waals surface area contributed by atoms with E-state index in [2.05, 4.69) is 25.2 Å². The van der Waals surface area contributed by atoms with Gasteiger partial charge < -0.3 is 11.1 Å². The third-order valence-electron chi connectivity index (χ3n) is 2.88. The van der Waals surface area contributed by atoms with Crippen molar-refractivity contribution in [3.05, 3.63) is 11.6 Å². The van der Waals surface area contributed by atoms with Crippen molar-refractivity contribution in [1.29, 1.82) is 0 Å². The van der Waals surface area contributed by atoms with Gasteiger partial charge in [-0.25, -0.2) is 0 Å². The van der Waals surface area contributed by atoms with Crippen LogP contribution in [0.4, 0.5) is 0 Å². The maximum absolute atomic E-state index is 5.44. The Hall–Kier alpha value is -0.340. The Bertz CT molecular complexity index is 187. The summed E-state index contributed by atoms with van der Waals surface area (Å²) < 4.78 is 0. The van der Waals surface area contributed by atoms with E-state index in [1.165, 1.54) is 12.8 Å². The van der Waals surface area contributed by atoms with Crippen LogP contribution in [-0.2, 0) is 0 Å². The topological polar surface area (TPSA) is 38.0 Å². The van der Waals surface area contributed by atoms with Crippen LogP contribution in [0, 0.1) is 11.8 Å². The van der Waals surface area contributed by atoms with Crippen molar-refractivity contribution in [2.45, 2.75) is 33.1 Å². The van der Waals surface area contributed by atoms with E-state index in [1.807, 2.05) is 0 Å². The van der Waals surface area contributed by atoms with Crippen LogP contribution in [0.15, 0.2) is 11.6 Å². The van der Waals surface area contributed by atoms with Crippen LogP contribution < -0.4 is 11.1 Å². The van der Waals surface area contributed by atoms with E-state index >= 15 is 0 Å². The standard InChI is InChI=1S/C12H24N2/c1-10-6-11(2)8-12(7-10)9-14-5-3-4-13/h6,10,12,14H,3-5,7-9,13H2,1-2H3. The van der Waals surface area contributed by atoms with E-state index in [-0.39, 0.29) is 0 Å². The van der Waals surface area contributed by atoms with Crippen LogP contribution in [0.5, 0.6) is 0 Å². The Morgan fingerprint density at radius 2 is 2.36 bits per heavy atom. The zero-order valence-corrected chi connectivity index (χ0v) is 9.55. The molecular formula is C12H24N2. The fourth-order valence-electron chi connectivity index (χ4n) is 2.37. The molecule has 3 N–H and O–H groups in total. The van der Waals surface area contributed by atoms with Gasteiger partial charge in [0, 0.05) is 0 Å². The third kappa shape index (κ3) is 4.25. The number of rotatable bonds is 5. The largest absolute Gasteiger partial charge is 0.330 e. The van der Waals surface area contributed by atoms with Crippen molar-refractivity contribution in [2.75, 3.05) is 19.6 Å². The van der Waals surface area contributed by atoms with Crippen molar-refractivity contribution in [3.63, 3.8) is 0 Å². The highest BCUT2D eigenvalue weighted by molar-refractivity contribution is 5.06. The molecule has 1 rings (SSSR count). The highest BCUT2D eigenvalue weighted by atomic mass is 14.9. The molecule has 0 aromatic heterocycles. The molecule has 0 spiro atoms. The maximum Gasteiger partial charge on any atom is -0.00172 e. The number of hydrogen-bond acceptors (Lipinski definition) is 2. The summed E-state index contributed by atoms with van der Waals surface area (Å²) >= 11 is 0. The summed E-state index contributed by atoms with van der Waals surface area (Å²) in [5.74, 6) is 1.61. The predicted octanol–water partition coefficient (Wildman–Crippen LogP) is 1.92. The summed E-state index contributed by atoms with van der Waals surface area (Å²) in [4.78, 5) is 0. The minimum atomic E-state index is 0.769.